The number of carbonyl (C=O) groups excluding carboxylic acids is 3. The number of rotatable bonds is 12. The monoisotopic (exact) mass is 714 g/mol. The van der Waals surface area contributed by atoms with Gasteiger partial charge in [0.15, 0.2) is 5.15 Å². The minimum Gasteiger partial charge on any atom is -0.453 e. The minimum absolute atomic E-state index is 0.138. The first-order valence-electron chi connectivity index (χ1n) is 15.1. The van der Waals surface area contributed by atoms with E-state index in [0.717, 1.165) is 5.56 Å². The highest BCUT2D eigenvalue weighted by molar-refractivity contribution is 6.32. The number of ether oxygens (including phenoxy) is 1. The van der Waals surface area contributed by atoms with Crippen LogP contribution in [0.25, 0.3) is 22.9 Å². The van der Waals surface area contributed by atoms with E-state index < -0.39 is 18.0 Å². The fraction of sp³-hybridized carbons (Fsp3) is 0.176. The van der Waals surface area contributed by atoms with Crippen molar-refractivity contribution < 1.29 is 19.1 Å². The lowest BCUT2D eigenvalue weighted by molar-refractivity contribution is -0.117. The summed E-state index contributed by atoms with van der Waals surface area (Å²) in [5, 5.41) is 29.0. The van der Waals surface area contributed by atoms with E-state index >= 15 is 0 Å². The molecule has 2 heterocycles. The third-order valence-electron chi connectivity index (χ3n) is 7.21. The molecular formula is C34H32Cl2N10O4. The van der Waals surface area contributed by atoms with Crippen molar-refractivity contribution in [1.82, 2.24) is 40.6 Å². The average molecular weight is 716 g/mol. The number of hydrogen-bond acceptors (Lipinski definition) is 10. The zero-order chi connectivity index (χ0) is 35.6. The van der Waals surface area contributed by atoms with Crippen molar-refractivity contribution >= 4 is 58.6 Å². The predicted octanol–water partition coefficient (Wildman–Crippen LogP) is 5.22. The standard InChI is InChI=1S/C34H32Cl2N10O4/c1-45(2)19-32(48)38-25-10-4-21(5-11-25)16-28(40-31(47)15-8-23-17-24(35)9-14-30(23)46-20-37-43-44-46)29-18-27(33(36)42-41-29)22-6-12-26(13-7-22)39-34(49)50-3/h4-15,17-18,20,28H,16,19H2,1-3H3,(H,38,48)(H,39,49)(H,40,47)/t28-/m0/s1. The van der Waals surface area contributed by atoms with Crippen LogP contribution in [0.2, 0.25) is 10.2 Å². The van der Waals surface area contributed by atoms with Crippen molar-refractivity contribution in [2.75, 3.05) is 38.4 Å². The minimum atomic E-state index is -0.650. The maximum absolute atomic E-state index is 13.5. The molecule has 5 aromatic rings. The van der Waals surface area contributed by atoms with Gasteiger partial charge in [-0.1, -0.05) is 47.5 Å². The summed E-state index contributed by atoms with van der Waals surface area (Å²) in [5.74, 6) is -0.553. The van der Waals surface area contributed by atoms with Crippen LogP contribution in [0.1, 0.15) is 22.9 Å². The van der Waals surface area contributed by atoms with Gasteiger partial charge < -0.3 is 20.3 Å². The van der Waals surface area contributed by atoms with Gasteiger partial charge in [0.2, 0.25) is 11.8 Å². The zero-order valence-electron chi connectivity index (χ0n) is 27.2. The number of aromatic nitrogens is 6. The van der Waals surface area contributed by atoms with Gasteiger partial charge in [0.05, 0.1) is 31.1 Å². The molecule has 3 N–H and O–H groups in total. The van der Waals surface area contributed by atoms with Crippen LogP contribution >= 0.6 is 23.2 Å². The topological polar surface area (TPSA) is 169 Å². The number of tetrazole rings is 1. The van der Waals surface area contributed by atoms with E-state index in [-0.39, 0.29) is 17.6 Å². The zero-order valence-corrected chi connectivity index (χ0v) is 28.7. The Bertz CT molecular complexity index is 1990. The number of halogens is 2. The van der Waals surface area contributed by atoms with E-state index in [9.17, 15) is 14.4 Å². The van der Waals surface area contributed by atoms with Crippen LogP contribution in [0.3, 0.4) is 0 Å². The molecule has 0 bridgehead atoms. The fourth-order valence-corrected chi connectivity index (χ4v) is 5.25. The number of anilines is 2. The van der Waals surface area contributed by atoms with Gasteiger partial charge in [-0.05, 0) is 96.7 Å². The van der Waals surface area contributed by atoms with Gasteiger partial charge in [0, 0.05) is 33.6 Å². The Morgan fingerprint density at radius 2 is 1.66 bits per heavy atom. The average Bonchev–Trinajstić information content (AvgIpc) is 3.63. The summed E-state index contributed by atoms with van der Waals surface area (Å²) in [6.45, 7) is 0.248. The van der Waals surface area contributed by atoms with Gasteiger partial charge in [-0.25, -0.2) is 4.79 Å². The van der Waals surface area contributed by atoms with Crippen molar-refractivity contribution in [3.8, 4) is 16.8 Å². The molecule has 0 fully saturated rings. The van der Waals surface area contributed by atoms with Gasteiger partial charge in [-0.3, -0.25) is 14.9 Å². The number of likely N-dealkylation sites (N-methyl/N-ethyl adjacent to an activating group) is 1. The van der Waals surface area contributed by atoms with Gasteiger partial charge in [-0.15, -0.1) is 10.2 Å². The summed E-state index contributed by atoms with van der Waals surface area (Å²) in [6, 6.07) is 20.5. The van der Waals surface area contributed by atoms with Crippen molar-refractivity contribution in [2.24, 2.45) is 0 Å². The lowest BCUT2D eigenvalue weighted by atomic mass is 10.00. The molecule has 0 aliphatic carbocycles. The van der Waals surface area contributed by atoms with Crippen LogP contribution in [0.5, 0.6) is 0 Å². The Morgan fingerprint density at radius 1 is 0.940 bits per heavy atom. The molecule has 0 saturated heterocycles. The molecule has 2 aromatic heterocycles. The van der Waals surface area contributed by atoms with E-state index in [1.165, 1.54) is 24.2 Å². The number of methoxy groups -OCH3 is 1. The highest BCUT2D eigenvalue weighted by atomic mass is 35.5. The van der Waals surface area contributed by atoms with Crippen LogP contribution in [0, 0.1) is 0 Å². The maximum atomic E-state index is 13.5. The first kappa shape index (κ1) is 35.6. The summed E-state index contributed by atoms with van der Waals surface area (Å²) < 4.78 is 6.12. The van der Waals surface area contributed by atoms with Crippen LogP contribution < -0.4 is 16.0 Å². The third kappa shape index (κ3) is 9.69. The molecule has 50 heavy (non-hydrogen) atoms. The number of nitrogens with zero attached hydrogens (tertiary/aromatic N) is 7. The Balaban J connectivity index is 1.42. The lowest BCUT2D eigenvalue weighted by Gasteiger charge is -2.19. The maximum Gasteiger partial charge on any atom is 0.411 e. The molecule has 0 saturated carbocycles. The first-order valence-corrected chi connectivity index (χ1v) is 15.9. The highest BCUT2D eigenvalue weighted by Gasteiger charge is 2.20. The Morgan fingerprint density at radius 3 is 2.34 bits per heavy atom. The molecule has 0 aliphatic rings. The van der Waals surface area contributed by atoms with Crippen molar-refractivity contribution in [2.45, 2.75) is 12.5 Å². The summed E-state index contributed by atoms with van der Waals surface area (Å²) in [7, 11) is 4.91. The molecule has 5 rings (SSSR count). The first-order chi connectivity index (χ1) is 24.1. The molecule has 256 valence electrons. The van der Waals surface area contributed by atoms with Gasteiger partial charge >= 0.3 is 6.09 Å². The molecule has 16 heteroatoms. The number of carbonyl (C=O) groups is 3. The van der Waals surface area contributed by atoms with Gasteiger partial charge in [-0.2, -0.15) is 9.78 Å². The van der Waals surface area contributed by atoms with Crippen LogP contribution in [0.15, 0.2) is 85.2 Å². The van der Waals surface area contributed by atoms with Crippen molar-refractivity contribution in [1.29, 1.82) is 0 Å². The van der Waals surface area contributed by atoms with E-state index in [1.54, 1.807) is 71.6 Å². The van der Waals surface area contributed by atoms with Gasteiger partial charge in [0.25, 0.3) is 0 Å². The number of benzene rings is 3. The smallest absolute Gasteiger partial charge is 0.411 e. The molecule has 0 unspecified atom stereocenters. The fourth-order valence-electron chi connectivity index (χ4n) is 4.87. The molecule has 3 aromatic carbocycles. The van der Waals surface area contributed by atoms with E-state index in [2.05, 4.69) is 46.4 Å². The quantitative estimate of drug-likeness (QED) is 0.146. The molecule has 0 radical (unpaired) electrons. The van der Waals surface area contributed by atoms with E-state index in [0.29, 0.717) is 50.9 Å². The van der Waals surface area contributed by atoms with Gasteiger partial charge in [0.1, 0.15) is 6.33 Å². The third-order valence-corrected chi connectivity index (χ3v) is 7.72. The molecular weight excluding hydrogens is 683 g/mol. The number of amides is 3. The molecule has 0 aliphatic heterocycles. The van der Waals surface area contributed by atoms with Crippen molar-refractivity contribution in [3.63, 3.8) is 0 Å². The molecule has 14 nitrogen and oxygen atoms in total. The second-order valence-corrected chi connectivity index (χ2v) is 12.0. The Kier molecular flexibility index (Phi) is 11.8. The summed E-state index contributed by atoms with van der Waals surface area (Å²) >= 11 is 12.8. The molecule has 0 spiro atoms. The SMILES string of the molecule is COC(=O)Nc1ccc(-c2cc([C@H](Cc3ccc(NC(=O)CN(C)C)cc3)NC(=O)C=Cc3cc(Cl)ccc3-n3cnnn3)nnc2Cl)cc1. The summed E-state index contributed by atoms with van der Waals surface area (Å²) in [4.78, 5) is 39.1. The van der Waals surface area contributed by atoms with Crippen LogP contribution in [-0.2, 0) is 20.7 Å². The number of hydrogen-bond donors (Lipinski definition) is 3. The Hall–Kier alpha value is -5.70. The van der Waals surface area contributed by atoms with Crippen LogP contribution in [-0.4, -0.2) is 81.0 Å². The predicted molar refractivity (Wildman–Crippen MR) is 190 cm³/mol. The van der Waals surface area contributed by atoms with E-state index in [4.69, 9.17) is 23.2 Å². The highest BCUT2D eigenvalue weighted by Crippen LogP contribution is 2.30. The Labute approximate surface area is 297 Å². The summed E-state index contributed by atoms with van der Waals surface area (Å²) in [6.07, 6.45) is 4.17. The normalized spacial score (nSPS) is 11.7. The van der Waals surface area contributed by atoms with Crippen molar-refractivity contribution in [3.05, 3.63) is 112 Å². The molecule has 3 amide bonds. The second kappa shape index (κ2) is 16.6. The summed E-state index contributed by atoms with van der Waals surface area (Å²) in [5.41, 5.74) is 4.99. The van der Waals surface area contributed by atoms with E-state index in [1.807, 2.05) is 26.2 Å². The largest absolute Gasteiger partial charge is 0.453 e. The number of nitrogens with one attached hydrogen (secondary N) is 3. The molecule has 1 atom stereocenters. The lowest BCUT2D eigenvalue weighted by Crippen LogP contribution is -2.29. The second-order valence-electron chi connectivity index (χ2n) is 11.2. The van der Waals surface area contributed by atoms with Crippen LogP contribution in [0.4, 0.5) is 16.2 Å².